The van der Waals surface area contributed by atoms with Crippen LogP contribution in [0.25, 0.3) is 10.9 Å². The van der Waals surface area contributed by atoms with Gasteiger partial charge in [-0.25, -0.2) is 4.79 Å². The molecule has 4 nitrogen and oxygen atoms in total. The zero-order valence-electron chi connectivity index (χ0n) is 15.7. The molecule has 3 atom stereocenters. The van der Waals surface area contributed by atoms with Crippen molar-refractivity contribution in [1.29, 1.82) is 0 Å². The van der Waals surface area contributed by atoms with Gasteiger partial charge in [-0.15, -0.1) is 0 Å². The maximum absolute atomic E-state index is 12.5. The molecule has 0 aliphatic rings. The summed E-state index contributed by atoms with van der Waals surface area (Å²) in [7, 11) is -0.953. The number of hydrogen-bond donors (Lipinski definition) is 0. The van der Waals surface area contributed by atoms with E-state index in [1.165, 1.54) is 0 Å². The molecule has 0 saturated carbocycles. The fourth-order valence-corrected chi connectivity index (χ4v) is 3.59. The van der Waals surface area contributed by atoms with Crippen molar-refractivity contribution in [2.24, 2.45) is 0 Å². The molecule has 2 aromatic carbocycles. The maximum Gasteiger partial charge on any atom is 0.338 e. The lowest BCUT2D eigenvalue weighted by atomic mass is 10.0. The zero-order valence-corrected chi connectivity index (χ0v) is 16.5. The van der Waals surface area contributed by atoms with Crippen LogP contribution < -0.4 is 0 Å². The molecule has 0 fully saturated rings. The third-order valence-corrected chi connectivity index (χ3v) is 5.36. The van der Waals surface area contributed by atoms with E-state index in [0.29, 0.717) is 11.3 Å². The van der Waals surface area contributed by atoms with E-state index in [-0.39, 0.29) is 18.0 Å². The molecular weight excluding hydrogens is 358 g/mol. The molecule has 5 heteroatoms. The van der Waals surface area contributed by atoms with E-state index >= 15 is 0 Å². The molecule has 0 amide bonds. The highest BCUT2D eigenvalue weighted by Crippen LogP contribution is 2.23. The van der Waals surface area contributed by atoms with Gasteiger partial charge in [0.2, 0.25) is 0 Å². The first-order valence-corrected chi connectivity index (χ1v) is 10.6. The number of benzene rings is 2. The second-order valence-corrected chi connectivity index (χ2v) is 8.18. The molecule has 0 saturated heterocycles. The second kappa shape index (κ2) is 8.44. The number of hydrogen-bond acceptors (Lipinski definition) is 4. The summed E-state index contributed by atoms with van der Waals surface area (Å²) in [6, 6.07) is 19.1. The molecule has 0 N–H and O–H groups in total. The van der Waals surface area contributed by atoms with Crippen LogP contribution in [0.5, 0.6) is 0 Å². The van der Waals surface area contributed by atoms with Gasteiger partial charge in [0.05, 0.1) is 11.1 Å². The Kier molecular flexibility index (Phi) is 6.01. The first kappa shape index (κ1) is 19.2. The van der Waals surface area contributed by atoms with Crippen molar-refractivity contribution >= 4 is 27.7 Å². The number of aromatic nitrogens is 1. The summed E-state index contributed by atoms with van der Waals surface area (Å²) in [5.74, 6) is 0.0115. The Morgan fingerprint density at radius 3 is 2.63 bits per heavy atom. The number of para-hydroxylation sites is 1. The van der Waals surface area contributed by atoms with E-state index < -0.39 is 10.8 Å². The van der Waals surface area contributed by atoms with Crippen molar-refractivity contribution in [2.45, 2.75) is 31.6 Å². The highest BCUT2D eigenvalue weighted by atomic mass is 32.2. The van der Waals surface area contributed by atoms with Crippen molar-refractivity contribution < 1.29 is 13.7 Å². The van der Waals surface area contributed by atoms with Crippen LogP contribution in [0.4, 0.5) is 0 Å². The highest BCUT2D eigenvalue weighted by molar-refractivity contribution is 7.83. The number of ether oxygens (including phenoxy) is 1. The number of fused-ring (bicyclic) bond motifs is 1. The maximum atomic E-state index is 12.5. The number of carbonyl (C=O) groups excluding carboxylic acids is 1. The molecule has 0 spiro atoms. The minimum atomic E-state index is -0.953. The van der Waals surface area contributed by atoms with Crippen LogP contribution in [-0.4, -0.2) is 27.5 Å². The predicted octanol–water partition coefficient (Wildman–Crippen LogP) is 4.46. The normalized spacial score (nSPS) is 14.5. The number of carbonyl (C=O) groups is 1. The summed E-state index contributed by atoms with van der Waals surface area (Å²) in [6.07, 6.45) is 1.32. The fourth-order valence-electron chi connectivity index (χ4n) is 2.94. The summed E-state index contributed by atoms with van der Waals surface area (Å²) in [4.78, 5) is 17.2. The fraction of sp³-hybridized carbons (Fsp3) is 0.273. The van der Waals surface area contributed by atoms with Gasteiger partial charge < -0.3 is 4.74 Å². The Balaban J connectivity index is 1.72. The molecule has 3 rings (SSSR count). The lowest BCUT2D eigenvalue weighted by Gasteiger charge is -2.20. The molecule has 0 aliphatic heterocycles. The Bertz CT molecular complexity index is 986. The van der Waals surface area contributed by atoms with Gasteiger partial charge in [0.15, 0.2) is 0 Å². The molecular formula is C22H23NO3S. The topological polar surface area (TPSA) is 56.3 Å². The molecule has 0 bridgehead atoms. The van der Waals surface area contributed by atoms with Crippen LogP contribution in [0.1, 0.15) is 41.4 Å². The summed E-state index contributed by atoms with van der Waals surface area (Å²) in [5.41, 5.74) is 3.16. The lowest BCUT2D eigenvalue weighted by molar-refractivity contribution is 0.0290. The van der Waals surface area contributed by atoms with Gasteiger partial charge in [-0.05, 0) is 36.8 Å². The van der Waals surface area contributed by atoms with Crippen molar-refractivity contribution in [3.63, 3.8) is 0 Å². The average Bonchev–Trinajstić information content (AvgIpc) is 2.66. The third kappa shape index (κ3) is 4.80. The SMILES string of the molecule is CC(OC(=O)c1cccc(CS(C)=O)c1)C(C)c1ccc2ccccc2n1. The van der Waals surface area contributed by atoms with Crippen LogP contribution in [-0.2, 0) is 21.3 Å². The van der Waals surface area contributed by atoms with Gasteiger partial charge in [-0.3, -0.25) is 9.19 Å². The van der Waals surface area contributed by atoms with E-state index in [4.69, 9.17) is 9.72 Å². The summed E-state index contributed by atoms with van der Waals surface area (Å²) >= 11 is 0. The number of nitrogens with zero attached hydrogens (tertiary/aromatic N) is 1. The first-order valence-electron chi connectivity index (χ1n) is 8.89. The zero-order chi connectivity index (χ0) is 19.4. The number of rotatable bonds is 6. The lowest BCUT2D eigenvalue weighted by Crippen LogP contribution is -2.21. The van der Waals surface area contributed by atoms with Gasteiger partial charge >= 0.3 is 5.97 Å². The Labute approximate surface area is 162 Å². The van der Waals surface area contributed by atoms with Gasteiger partial charge in [-0.1, -0.05) is 43.3 Å². The van der Waals surface area contributed by atoms with Crippen LogP contribution >= 0.6 is 0 Å². The van der Waals surface area contributed by atoms with Crippen LogP contribution in [0, 0.1) is 0 Å². The molecule has 1 aromatic heterocycles. The van der Waals surface area contributed by atoms with Gasteiger partial charge in [0, 0.05) is 39.8 Å². The highest BCUT2D eigenvalue weighted by Gasteiger charge is 2.21. The van der Waals surface area contributed by atoms with Crippen molar-refractivity contribution in [2.75, 3.05) is 6.26 Å². The predicted molar refractivity (Wildman–Crippen MR) is 109 cm³/mol. The van der Waals surface area contributed by atoms with Crippen molar-refractivity contribution in [1.82, 2.24) is 4.98 Å². The smallest absolute Gasteiger partial charge is 0.338 e. The van der Waals surface area contributed by atoms with Gasteiger partial charge in [0.25, 0.3) is 0 Å². The molecule has 27 heavy (non-hydrogen) atoms. The second-order valence-electron chi connectivity index (χ2n) is 6.75. The minimum Gasteiger partial charge on any atom is -0.458 e. The van der Waals surface area contributed by atoms with Crippen molar-refractivity contribution in [3.8, 4) is 0 Å². The number of pyridine rings is 1. The average molecular weight is 381 g/mol. The molecule has 1 heterocycles. The van der Waals surface area contributed by atoms with E-state index in [2.05, 4.69) is 0 Å². The van der Waals surface area contributed by atoms with E-state index in [1.807, 2.05) is 56.3 Å². The Hall–Kier alpha value is -2.53. The van der Waals surface area contributed by atoms with E-state index in [9.17, 15) is 9.00 Å². The summed E-state index contributed by atoms with van der Waals surface area (Å²) in [6.45, 7) is 3.89. The largest absolute Gasteiger partial charge is 0.458 e. The van der Waals surface area contributed by atoms with Crippen LogP contribution in [0.3, 0.4) is 0 Å². The first-order chi connectivity index (χ1) is 12.9. The standard InChI is InChI=1S/C22H23NO3S/c1-15(20-12-11-18-8-4-5-10-21(18)23-20)16(2)26-22(24)19-9-6-7-17(13-19)14-27(3)25/h4-13,15-16H,14H2,1-3H3. The van der Waals surface area contributed by atoms with Crippen molar-refractivity contribution in [3.05, 3.63) is 77.5 Å². The monoisotopic (exact) mass is 381 g/mol. The minimum absolute atomic E-state index is 0.0371. The third-order valence-electron chi connectivity index (χ3n) is 4.62. The molecule has 3 aromatic rings. The van der Waals surface area contributed by atoms with Crippen LogP contribution in [0.15, 0.2) is 60.7 Å². The molecule has 3 unspecified atom stereocenters. The van der Waals surface area contributed by atoms with Crippen LogP contribution in [0.2, 0.25) is 0 Å². The Morgan fingerprint density at radius 1 is 1.07 bits per heavy atom. The van der Waals surface area contributed by atoms with Gasteiger partial charge in [0.1, 0.15) is 6.10 Å². The Morgan fingerprint density at radius 2 is 1.85 bits per heavy atom. The molecule has 0 radical (unpaired) electrons. The van der Waals surface area contributed by atoms with E-state index in [0.717, 1.165) is 22.2 Å². The summed E-state index contributed by atoms with van der Waals surface area (Å²) in [5, 5.41) is 1.09. The molecule has 140 valence electrons. The van der Waals surface area contributed by atoms with E-state index in [1.54, 1.807) is 24.5 Å². The van der Waals surface area contributed by atoms with Gasteiger partial charge in [-0.2, -0.15) is 0 Å². The summed E-state index contributed by atoms with van der Waals surface area (Å²) < 4.78 is 17.1. The number of esters is 1. The molecule has 0 aliphatic carbocycles. The quantitative estimate of drug-likeness (QED) is 0.592.